The van der Waals surface area contributed by atoms with E-state index in [4.69, 9.17) is 15.2 Å². The second-order valence-electron chi connectivity index (χ2n) is 6.76. The standard InChI is InChI=1S/C18H26FN3O3.2ClH/c19-15-10-13(3-4-16(15)21-11-14-2-1-7-25-14)22-17(23)18(12-20)5-8-24-9-6-18;;/h3-4,10,14,21H,1-2,5-9,11-12,20H2,(H,22,23);2*1H. The minimum atomic E-state index is -0.633. The Balaban J connectivity index is 0.00000182. The Labute approximate surface area is 171 Å². The van der Waals surface area contributed by atoms with Crippen molar-refractivity contribution in [3.63, 3.8) is 0 Å². The van der Waals surface area contributed by atoms with E-state index >= 15 is 0 Å². The summed E-state index contributed by atoms with van der Waals surface area (Å²) in [6.07, 6.45) is 3.34. The summed E-state index contributed by atoms with van der Waals surface area (Å²) in [7, 11) is 0. The molecule has 0 spiro atoms. The van der Waals surface area contributed by atoms with Crippen molar-refractivity contribution in [1.29, 1.82) is 0 Å². The van der Waals surface area contributed by atoms with Gasteiger partial charge >= 0.3 is 0 Å². The third kappa shape index (κ3) is 5.93. The van der Waals surface area contributed by atoms with Crippen molar-refractivity contribution in [1.82, 2.24) is 0 Å². The minimum absolute atomic E-state index is 0. The van der Waals surface area contributed by atoms with Gasteiger partial charge in [-0.2, -0.15) is 0 Å². The lowest BCUT2D eigenvalue weighted by atomic mass is 9.79. The van der Waals surface area contributed by atoms with E-state index in [-0.39, 0.29) is 43.4 Å². The first-order valence-electron chi connectivity index (χ1n) is 8.87. The van der Waals surface area contributed by atoms with Crippen molar-refractivity contribution in [3.8, 4) is 0 Å². The zero-order valence-corrected chi connectivity index (χ0v) is 16.8. The molecule has 6 nitrogen and oxygen atoms in total. The topological polar surface area (TPSA) is 85.6 Å². The van der Waals surface area contributed by atoms with Crippen LogP contribution in [0.3, 0.4) is 0 Å². The fourth-order valence-corrected chi connectivity index (χ4v) is 3.32. The van der Waals surface area contributed by atoms with Gasteiger partial charge in [0.2, 0.25) is 5.91 Å². The number of carbonyl (C=O) groups is 1. The van der Waals surface area contributed by atoms with E-state index in [0.29, 0.717) is 44.0 Å². The summed E-state index contributed by atoms with van der Waals surface area (Å²) in [5.74, 6) is -0.567. The number of nitrogens with two attached hydrogens (primary N) is 1. The number of anilines is 2. The van der Waals surface area contributed by atoms with Crippen LogP contribution in [0.2, 0.25) is 0 Å². The third-order valence-corrected chi connectivity index (χ3v) is 5.09. The number of hydrogen-bond acceptors (Lipinski definition) is 5. The van der Waals surface area contributed by atoms with Gasteiger partial charge in [0.15, 0.2) is 0 Å². The molecule has 0 aliphatic carbocycles. The molecule has 1 unspecified atom stereocenters. The summed E-state index contributed by atoms with van der Waals surface area (Å²) in [4.78, 5) is 12.6. The fourth-order valence-electron chi connectivity index (χ4n) is 3.32. The fraction of sp³-hybridized carbons (Fsp3) is 0.611. The molecule has 2 saturated heterocycles. The highest BCUT2D eigenvalue weighted by molar-refractivity contribution is 5.95. The van der Waals surface area contributed by atoms with Crippen LogP contribution < -0.4 is 16.4 Å². The molecule has 1 atom stereocenters. The maximum Gasteiger partial charge on any atom is 0.232 e. The summed E-state index contributed by atoms with van der Waals surface area (Å²) >= 11 is 0. The molecule has 154 valence electrons. The predicted molar refractivity (Wildman–Crippen MR) is 109 cm³/mol. The average Bonchev–Trinajstić information content (AvgIpc) is 3.15. The molecule has 2 fully saturated rings. The largest absolute Gasteiger partial charge is 0.381 e. The molecule has 2 heterocycles. The van der Waals surface area contributed by atoms with E-state index in [0.717, 1.165) is 19.4 Å². The molecule has 1 aromatic carbocycles. The van der Waals surface area contributed by atoms with Gasteiger partial charge in [-0.1, -0.05) is 0 Å². The minimum Gasteiger partial charge on any atom is -0.381 e. The molecule has 3 rings (SSSR count). The Bertz CT molecular complexity index is 610. The SMILES string of the molecule is Cl.Cl.NCC1(C(=O)Nc2ccc(NCC3CCCO3)c(F)c2)CCOCC1. The van der Waals surface area contributed by atoms with E-state index < -0.39 is 11.2 Å². The molecule has 0 saturated carbocycles. The van der Waals surface area contributed by atoms with Crippen molar-refractivity contribution in [2.75, 3.05) is 43.5 Å². The van der Waals surface area contributed by atoms with E-state index in [1.54, 1.807) is 12.1 Å². The Hall–Kier alpha value is -1.12. The first kappa shape index (κ1) is 23.9. The van der Waals surface area contributed by atoms with Crippen LogP contribution in [0.5, 0.6) is 0 Å². The van der Waals surface area contributed by atoms with Crippen LogP contribution in [0, 0.1) is 11.2 Å². The van der Waals surface area contributed by atoms with Gasteiger partial charge < -0.3 is 25.8 Å². The van der Waals surface area contributed by atoms with E-state index in [1.165, 1.54) is 6.07 Å². The number of benzene rings is 1. The number of hydrogen-bond donors (Lipinski definition) is 3. The van der Waals surface area contributed by atoms with E-state index in [1.807, 2.05) is 0 Å². The van der Waals surface area contributed by atoms with E-state index in [9.17, 15) is 9.18 Å². The quantitative estimate of drug-likeness (QED) is 0.654. The summed E-state index contributed by atoms with van der Waals surface area (Å²) in [6.45, 7) is 2.65. The predicted octanol–water partition coefficient (Wildman–Crippen LogP) is 2.95. The Morgan fingerprint density at radius 3 is 2.59 bits per heavy atom. The Morgan fingerprint density at radius 2 is 2.00 bits per heavy atom. The maximum atomic E-state index is 14.3. The lowest BCUT2D eigenvalue weighted by Gasteiger charge is -2.34. The van der Waals surface area contributed by atoms with Crippen LogP contribution in [-0.4, -0.2) is 44.9 Å². The van der Waals surface area contributed by atoms with Crippen molar-refractivity contribution >= 4 is 42.1 Å². The zero-order chi connectivity index (χ0) is 17.7. The summed E-state index contributed by atoms with van der Waals surface area (Å²) < 4.78 is 25.1. The van der Waals surface area contributed by atoms with Gasteiger partial charge in [0.05, 0.1) is 17.2 Å². The van der Waals surface area contributed by atoms with Crippen LogP contribution in [0.4, 0.5) is 15.8 Å². The summed E-state index contributed by atoms with van der Waals surface area (Å²) in [6, 6.07) is 4.67. The van der Waals surface area contributed by atoms with Crippen LogP contribution in [0.15, 0.2) is 18.2 Å². The molecule has 1 aromatic rings. The highest BCUT2D eigenvalue weighted by Gasteiger charge is 2.38. The first-order valence-corrected chi connectivity index (χ1v) is 8.87. The second kappa shape index (κ2) is 11.0. The summed E-state index contributed by atoms with van der Waals surface area (Å²) in [5.41, 5.74) is 6.05. The highest BCUT2D eigenvalue weighted by Crippen LogP contribution is 2.31. The molecule has 9 heteroatoms. The molecule has 0 radical (unpaired) electrons. The van der Waals surface area contributed by atoms with Crippen LogP contribution >= 0.6 is 24.8 Å². The lowest BCUT2D eigenvalue weighted by molar-refractivity contribution is -0.130. The molecular weight excluding hydrogens is 396 g/mol. The molecule has 2 aliphatic heterocycles. The van der Waals surface area contributed by atoms with Crippen LogP contribution in [0.1, 0.15) is 25.7 Å². The Morgan fingerprint density at radius 1 is 1.26 bits per heavy atom. The first-order chi connectivity index (χ1) is 12.1. The Kier molecular flexibility index (Phi) is 9.76. The van der Waals surface area contributed by atoms with Crippen LogP contribution in [0.25, 0.3) is 0 Å². The van der Waals surface area contributed by atoms with Gasteiger partial charge in [0.1, 0.15) is 5.82 Å². The van der Waals surface area contributed by atoms with Crippen molar-refractivity contribution in [2.45, 2.75) is 31.8 Å². The zero-order valence-electron chi connectivity index (χ0n) is 15.2. The average molecular weight is 424 g/mol. The monoisotopic (exact) mass is 423 g/mol. The van der Waals surface area contributed by atoms with Gasteiger partial charge in [0, 0.05) is 38.6 Å². The number of rotatable bonds is 6. The smallest absolute Gasteiger partial charge is 0.232 e. The number of nitrogens with one attached hydrogen (secondary N) is 2. The normalized spacial score (nSPS) is 20.9. The molecule has 0 aromatic heterocycles. The molecule has 4 N–H and O–H groups in total. The van der Waals surface area contributed by atoms with Gasteiger partial charge in [-0.05, 0) is 43.9 Å². The van der Waals surface area contributed by atoms with Gasteiger partial charge in [0.25, 0.3) is 0 Å². The molecule has 2 aliphatic rings. The number of halogens is 3. The highest BCUT2D eigenvalue weighted by atomic mass is 35.5. The molecular formula is C18H28Cl2FN3O3. The van der Waals surface area contributed by atoms with Crippen molar-refractivity contribution < 1.29 is 18.7 Å². The lowest BCUT2D eigenvalue weighted by Crippen LogP contribution is -2.46. The molecule has 0 bridgehead atoms. The van der Waals surface area contributed by atoms with Gasteiger partial charge in [-0.3, -0.25) is 4.79 Å². The van der Waals surface area contributed by atoms with Crippen molar-refractivity contribution in [3.05, 3.63) is 24.0 Å². The maximum absolute atomic E-state index is 14.3. The number of carbonyl (C=O) groups excluding carboxylic acids is 1. The summed E-state index contributed by atoms with van der Waals surface area (Å²) in [5, 5.41) is 5.87. The third-order valence-electron chi connectivity index (χ3n) is 5.09. The second-order valence-corrected chi connectivity index (χ2v) is 6.76. The number of ether oxygens (including phenoxy) is 2. The molecule has 1 amide bonds. The van der Waals surface area contributed by atoms with Gasteiger partial charge in [-0.15, -0.1) is 24.8 Å². The molecule has 27 heavy (non-hydrogen) atoms. The van der Waals surface area contributed by atoms with Crippen molar-refractivity contribution in [2.24, 2.45) is 11.1 Å². The number of amides is 1. The van der Waals surface area contributed by atoms with Gasteiger partial charge in [-0.25, -0.2) is 4.39 Å². The van der Waals surface area contributed by atoms with Crippen LogP contribution in [-0.2, 0) is 14.3 Å². The van der Waals surface area contributed by atoms with E-state index in [2.05, 4.69) is 10.6 Å².